The molecule has 0 aliphatic carbocycles. The van der Waals surface area contributed by atoms with Crippen LogP contribution < -0.4 is 20.4 Å². The molecular weight excluding hydrogens is 493 g/mol. The molecule has 4 heterocycles. The van der Waals surface area contributed by atoms with Gasteiger partial charge < -0.3 is 34.5 Å². The van der Waals surface area contributed by atoms with Crippen molar-refractivity contribution in [3.8, 4) is 0 Å². The van der Waals surface area contributed by atoms with Crippen LogP contribution in [0.25, 0.3) is 0 Å². The van der Waals surface area contributed by atoms with Crippen LogP contribution in [0.5, 0.6) is 0 Å². The number of aromatic nitrogens is 2. The first kappa shape index (κ1) is 25.5. The fourth-order valence-electron chi connectivity index (χ4n) is 4.55. The zero-order valence-electron chi connectivity index (χ0n) is 21.3. The molecule has 1 aromatic carbocycles. The van der Waals surface area contributed by atoms with Gasteiger partial charge in [-0.1, -0.05) is 12.1 Å². The van der Waals surface area contributed by atoms with E-state index in [9.17, 15) is 14.0 Å². The van der Waals surface area contributed by atoms with Gasteiger partial charge in [0.1, 0.15) is 11.6 Å². The van der Waals surface area contributed by atoms with E-state index in [1.807, 2.05) is 11.0 Å². The summed E-state index contributed by atoms with van der Waals surface area (Å²) in [6.07, 6.45) is 2.59. The van der Waals surface area contributed by atoms with Gasteiger partial charge in [0.05, 0.1) is 29.4 Å². The van der Waals surface area contributed by atoms with Crippen LogP contribution in [0.1, 0.15) is 22.7 Å². The van der Waals surface area contributed by atoms with Crippen molar-refractivity contribution in [3.63, 3.8) is 0 Å². The minimum absolute atomic E-state index is 0.128. The number of aryl methyl sites for hydroxylation is 1. The number of urea groups is 1. The number of hydrogen-bond donors (Lipinski definition) is 2. The summed E-state index contributed by atoms with van der Waals surface area (Å²) in [7, 11) is 1.68. The van der Waals surface area contributed by atoms with Crippen LogP contribution >= 0.6 is 0 Å². The number of carbonyl (C=O) groups is 2. The van der Waals surface area contributed by atoms with Gasteiger partial charge in [0.15, 0.2) is 0 Å². The smallest absolute Gasteiger partial charge is 0.322 e. The molecule has 0 saturated carbocycles. The summed E-state index contributed by atoms with van der Waals surface area (Å²) in [5.41, 5.74) is 1.20. The Morgan fingerprint density at radius 1 is 1.05 bits per heavy atom. The molecule has 1 unspecified atom stereocenters. The second kappa shape index (κ2) is 11.1. The molecule has 2 N–H and O–H groups in total. The molecule has 2 saturated heterocycles. The predicted molar refractivity (Wildman–Crippen MR) is 140 cm³/mol. The first-order valence-corrected chi connectivity index (χ1v) is 12.5. The van der Waals surface area contributed by atoms with E-state index in [2.05, 4.69) is 25.5 Å². The first-order chi connectivity index (χ1) is 18.4. The lowest BCUT2D eigenvalue weighted by Gasteiger charge is -2.35. The fraction of sp³-hybridized carbons (Fsp3) is 0.385. The Labute approximate surface area is 219 Å². The topological polar surface area (TPSA) is 116 Å². The predicted octanol–water partition coefficient (Wildman–Crippen LogP) is 3.35. The molecule has 1 atom stereocenters. The third kappa shape index (κ3) is 5.54. The minimum Gasteiger partial charge on any atom is -0.418 e. The Morgan fingerprint density at radius 3 is 2.53 bits per heavy atom. The number of halogens is 1. The van der Waals surface area contributed by atoms with Crippen LogP contribution in [0.2, 0.25) is 0 Å². The molecule has 0 spiro atoms. The number of anilines is 4. The average Bonchev–Trinajstić information content (AvgIpc) is 3.57. The second-order valence-corrected chi connectivity index (χ2v) is 9.25. The number of ether oxygens (including phenoxy) is 1. The number of pyridine rings is 1. The highest BCUT2D eigenvalue weighted by molar-refractivity contribution is 6.03. The summed E-state index contributed by atoms with van der Waals surface area (Å²) in [6, 6.07) is 9.75. The van der Waals surface area contributed by atoms with Crippen molar-refractivity contribution < 1.29 is 23.1 Å². The summed E-state index contributed by atoms with van der Waals surface area (Å²) in [6.45, 7) is 5.26. The van der Waals surface area contributed by atoms with E-state index in [0.717, 1.165) is 18.8 Å². The van der Waals surface area contributed by atoms with E-state index in [1.165, 1.54) is 12.1 Å². The van der Waals surface area contributed by atoms with E-state index < -0.39 is 11.7 Å². The molecule has 12 heteroatoms. The number of amides is 3. The van der Waals surface area contributed by atoms with Crippen molar-refractivity contribution in [2.45, 2.75) is 19.4 Å². The second-order valence-electron chi connectivity index (χ2n) is 9.25. The van der Waals surface area contributed by atoms with Gasteiger partial charge in [-0.25, -0.2) is 14.2 Å². The third-order valence-corrected chi connectivity index (χ3v) is 6.75. The van der Waals surface area contributed by atoms with Crippen molar-refractivity contribution in [2.75, 3.05) is 66.8 Å². The zero-order chi connectivity index (χ0) is 26.6. The molecule has 2 aliphatic rings. The largest absolute Gasteiger partial charge is 0.418 e. The number of benzene rings is 1. The number of nitrogens with zero attached hydrogens (tertiary/aromatic N) is 5. The fourth-order valence-corrected chi connectivity index (χ4v) is 4.55. The molecule has 5 rings (SSSR count). The highest BCUT2D eigenvalue weighted by Crippen LogP contribution is 2.25. The third-order valence-electron chi connectivity index (χ3n) is 6.75. The van der Waals surface area contributed by atoms with Crippen molar-refractivity contribution in [3.05, 3.63) is 59.9 Å². The Morgan fingerprint density at radius 2 is 1.84 bits per heavy atom. The van der Waals surface area contributed by atoms with Crippen LogP contribution in [0.15, 0.2) is 47.0 Å². The number of nitrogens with one attached hydrogen (secondary N) is 2. The van der Waals surface area contributed by atoms with Gasteiger partial charge in [-0.2, -0.15) is 4.98 Å². The SMILES string of the molecule is COC1CCN(c2nc(C)c(C(=O)Nc3ccc(N4CCN(C(=O)Nc5ccccc5F)CC4)nc3)o2)C1. The maximum Gasteiger partial charge on any atom is 0.322 e. The lowest BCUT2D eigenvalue weighted by molar-refractivity contribution is 0.0996. The Balaban J connectivity index is 1.14. The van der Waals surface area contributed by atoms with Gasteiger partial charge in [0, 0.05) is 46.4 Å². The molecule has 2 aliphatic heterocycles. The molecule has 200 valence electrons. The molecule has 3 aromatic rings. The first-order valence-electron chi connectivity index (χ1n) is 12.5. The van der Waals surface area contributed by atoms with E-state index in [0.29, 0.717) is 50.1 Å². The molecule has 3 amide bonds. The number of para-hydroxylation sites is 1. The van der Waals surface area contributed by atoms with Gasteiger partial charge in [-0.3, -0.25) is 4.79 Å². The van der Waals surface area contributed by atoms with Crippen LogP contribution in [0.3, 0.4) is 0 Å². The summed E-state index contributed by atoms with van der Waals surface area (Å²) >= 11 is 0. The standard InChI is InChI=1S/C26H30FN7O4/c1-17-23(38-26(29-17)34-10-9-19(16-34)37-2)24(35)30-18-7-8-22(28-15-18)32-11-13-33(14-12-32)25(36)31-21-6-4-3-5-20(21)27/h3-8,15,19H,9-14,16H2,1-2H3,(H,30,35)(H,31,36). The summed E-state index contributed by atoms with van der Waals surface area (Å²) in [5.74, 6) is 0.0288. The maximum absolute atomic E-state index is 13.8. The Hall–Kier alpha value is -4.19. The molecule has 0 radical (unpaired) electrons. The highest BCUT2D eigenvalue weighted by Gasteiger charge is 2.28. The van der Waals surface area contributed by atoms with Gasteiger partial charge >= 0.3 is 6.03 Å². The Kier molecular flexibility index (Phi) is 7.40. The summed E-state index contributed by atoms with van der Waals surface area (Å²) in [4.78, 5) is 39.9. The highest BCUT2D eigenvalue weighted by atomic mass is 19.1. The van der Waals surface area contributed by atoms with Crippen LogP contribution in [0.4, 0.5) is 32.4 Å². The van der Waals surface area contributed by atoms with Gasteiger partial charge in [0.2, 0.25) is 5.76 Å². The molecule has 11 nitrogen and oxygen atoms in total. The van der Waals surface area contributed by atoms with Crippen molar-refractivity contribution in [2.24, 2.45) is 0 Å². The van der Waals surface area contributed by atoms with Crippen LogP contribution in [0, 0.1) is 12.7 Å². The van der Waals surface area contributed by atoms with E-state index >= 15 is 0 Å². The van der Waals surface area contributed by atoms with Crippen LogP contribution in [-0.4, -0.2) is 79.3 Å². The number of methoxy groups -OCH3 is 1. The zero-order valence-corrected chi connectivity index (χ0v) is 21.3. The number of hydrogen-bond acceptors (Lipinski definition) is 8. The number of rotatable bonds is 6. The minimum atomic E-state index is -0.471. The van der Waals surface area contributed by atoms with Crippen molar-refractivity contribution >= 4 is 35.1 Å². The van der Waals surface area contributed by atoms with Crippen LogP contribution in [-0.2, 0) is 4.74 Å². The molecular formula is C26H30FN7O4. The monoisotopic (exact) mass is 523 g/mol. The number of oxazole rings is 1. The lowest BCUT2D eigenvalue weighted by atomic mass is 10.3. The van der Waals surface area contributed by atoms with Crippen molar-refractivity contribution in [1.82, 2.24) is 14.9 Å². The Bertz CT molecular complexity index is 1290. The summed E-state index contributed by atoms with van der Waals surface area (Å²) < 4.78 is 25.0. The van der Waals surface area contributed by atoms with Gasteiger partial charge in [0.25, 0.3) is 11.9 Å². The number of piperazine rings is 1. The molecule has 0 bridgehead atoms. The maximum atomic E-state index is 13.8. The molecule has 2 fully saturated rings. The molecule has 2 aromatic heterocycles. The molecule has 38 heavy (non-hydrogen) atoms. The quantitative estimate of drug-likeness (QED) is 0.506. The van der Waals surface area contributed by atoms with E-state index in [4.69, 9.17) is 9.15 Å². The average molecular weight is 524 g/mol. The van der Waals surface area contributed by atoms with E-state index in [1.54, 1.807) is 43.3 Å². The van der Waals surface area contributed by atoms with Crippen molar-refractivity contribution in [1.29, 1.82) is 0 Å². The lowest BCUT2D eigenvalue weighted by Crippen LogP contribution is -2.50. The number of carbonyl (C=O) groups excluding carboxylic acids is 2. The normalized spacial score (nSPS) is 17.6. The van der Waals surface area contributed by atoms with Gasteiger partial charge in [-0.05, 0) is 37.6 Å². The summed E-state index contributed by atoms with van der Waals surface area (Å²) in [5, 5.41) is 5.43. The van der Waals surface area contributed by atoms with E-state index in [-0.39, 0.29) is 23.6 Å². The van der Waals surface area contributed by atoms with Gasteiger partial charge in [-0.15, -0.1) is 0 Å².